The summed E-state index contributed by atoms with van der Waals surface area (Å²) in [7, 11) is 2.03. The molecule has 2 aromatic rings. The lowest BCUT2D eigenvalue weighted by molar-refractivity contribution is 0.505. The number of nitrogens with zero attached hydrogens (tertiary/aromatic N) is 3. The first-order valence-corrected chi connectivity index (χ1v) is 7.44. The van der Waals surface area contributed by atoms with Gasteiger partial charge in [0.1, 0.15) is 12.2 Å². The lowest BCUT2D eigenvalue weighted by atomic mass is 10.0. The van der Waals surface area contributed by atoms with Gasteiger partial charge in [0.05, 0.1) is 0 Å². The van der Waals surface area contributed by atoms with Crippen molar-refractivity contribution in [3.63, 3.8) is 0 Å². The number of hydrogen-bond donors (Lipinski definition) is 1. The van der Waals surface area contributed by atoms with Crippen LogP contribution in [0.3, 0.4) is 0 Å². The highest BCUT2D eigenvalue weighted by atomic mass is 15.3. The standard InChI is InChI=1S/C16H24N4/c1-3-12-20-16(18-13-19-20)11-7-10-15(17-2)14-8-5-4-6-9-14/h4-6,8-9,13,15,17H,3,7,10-12H2,1-2H3. The van der Waals surface area contributed by atoms with Gasteiger partial charge in [-0.25, -0.2) is 4.98 Å². The lowest BCUT2D eigenvalue weighted by Crippen LogP contribution is -2.16. The molecule has 108 valence electrons. The van der Waals surface area contributed by atoms with Crippen LogP contribution in [0.15, 0.2) is 36.7 Å². The molecule has 4 heteroatoms. The van der Waals surface area contributed by atoms with Gasteiger partial charge in [0.2, 0.25) is 0 Å². The Morgan fingerprint density at radius 2 is 2.05 bits per heavy atom. The number of nitrogens with one attached hydrogen (secondary N) is 1. The van der Waals surface area contributed by atoms with Crippen LogP contribution < -0.4 is 5.32 Å². The normalized spacial score (nSPS) is 12.5. The van der Waals surface area contributed by atoms with E-state index in [2.05, 4.69) is 52.7 Å². The summed E-state index contributed by atoms with van der Waals surface area (Å²) in [6.07, 6.45) is 5.98. The molecule has 0 aliphatic rings. The number of rotatable bonds is 8. The molecule has 1 atom stereocenters. The molecular formula is C16H24N4. The summed E-state index contributed by atoms with van der Waals surface area (Å²) in [5.74, 6) is 1.11. The average Bonchev–Trinajstić information content (AvgIpc) is 2.92. The molecule has 0 bridgehead atoms. The lowest BCUT2D eigenvalue weighted by Gasteiger charge is -2.16. The first-order chi connectivity index (χ1) is 9.85. The molecule has 0 spiro atoms. The Balaban J connectivity index is 1.86. The predicted octanol–water partition coefficient (Wildman–Crippen LogP) is 2.97. The van der Waals surface area contributed by atoms with Gasteiger partial charge in [0.15, 0.2) is 0 Å². The van der Waals surface area contributed by atoms with Crippen LogP contribution in [0.5, 0.6) is 0 Å². The molecular weight excluding hydrogens is 248 g/mol. The van der Waals surface area contributed by atoms with Crippen molar-refractivity contribution in [2.24, 2.45) is 0 Å². The molecule has 1 N–H and O–H groups in total. The summed E-state index contributed by atoms with van der Waals surface area (Å²) in [6.45, 7) is 3.13. The highest BCUT2D eigenvalue weighted by Gasteiger charge is 2.10. The maximum atomic E-state index is 4.36. The molecule has 1 heterocycles. The molecule has 1 aromatic heterocycles. The SMILES string of the molecule is CCCn1ncnc1CCCC(NC)c1ccccc1. The summed E-state index contributed by atoms with van der Waals surface area (Å²) in [5, 5.41) is 7.67. The maximum Gasteiger partial charge on any atom is 0.138 e. The van der Waals surface area contributed by atoms with Crippen molar-refractivity contribution in [3.05, 3.63) is 48.0 Å². The topological polar surface area (TPSA) is 42.7 Å². The van der Waals surface area contributed by atoms with Gasteiger partial charge in [-0.3, -0.25) is 4.68 Å². The minimum Gasteiger partial charge on any atom is -0.313 e. The second-order valence-electron chi connectivity index (χ2n) is 5.04. The molecule has 1 aromatic carbocycles. The van der Waals surface area contributed by atoms with Crippen LogP contribution in [0, 0.1) is 0 Å². The third-order valence-corrected chi connectivity index (χ3v) is 3.57. The Bertz CT molecular complexity index is 492. The van der Waals surface area contributed by atoms with Gasteiger partial charge >= 0.3 is 0 Å². The van der Waals surface area contributed by atoms with E-state index in [-0.39, 0.29) is 0 Å². The molecule has 0 aliphatic carbocycles. The first-order valence-electron chi connectivity index (χ1n) is 7.44. The summed E-state index contributed by atoms with van der Waals surface area (Å²) in [5.41, 5.74) is 1.35. The van der Waals surface area contributed by atoms with Crippen molar-refractivity contribution in [3.8, 4) is 0 Å². The third kappa shape index (κ3) is 3.90. The number of aromatic nitrogens is 3. The van der Waals surface area contributed by atoms with E-state index in [1.54, 1.807) is 6.33 Å². The highest BCUT2D eigenvalue weighted by Crippen LogP contribution is 2.18. The predicted molar refractivity (Wildman–Crippen MR) is 81.5 cm³/mol. The fourth-order valence-electron chi connectivity index (χ4n) is 2.51. The smallest absolute Gasteiger partial charge is 0.138 e. The summed E-state index contributed by atoms with van der Waals surface area (Å²) < 4.78 is 2.02. The van der Waals surface area contributed by atoms with Gasteiger partial charge < -0.3 is 5.32 Å². The zero-order valence-corrected chi connectivity index (χ0v) is 12.4. The van der Waals surface area contributed by atoms with Gasteiger partial charge in [-0.05, 0) is 31.9 Å². The van der Waals surface area contributed by atoms with Crippen LogP contribution in [-0.2, 0) is 13.0 Å². The van der Waals surface area contributed by atoms with Crippen molar-refractivity contribution in [1.82, 2.24) is 20.1 Å². The fraction of sp³-hybridized carbons (Fsp3) is 0.500. The Morgan fingerprint density at radius 3 is 2.75 bits per heavy atom. The van der Waals surface area contributed by atoms with E-state index < -0.39 is 0 Å². The van der Waals surface area contributed by atoms with Crippen LogP contribution in [0.4, 0.5) is 0 Å². The number of aryl methyl sites for hydroxylation is 2. The molecule has 20 heavy (non-hydrogen) atoms. The second-order valence-corrected chi connectivity index (χ2v) is 5.04. The molecule has 0 saturated carbocycles. The van der Waals surface area contributed by atoms with E-state index in [0.717, 1.165) is 38.1 Å². The zero-order valence-electron chi connectivity index (χ0n) is 12.4. The highest BCUT2D eigenvalue weighted by molar-refractivity contribution is 5.18. The van der Waals surface area contributed by atoms with E-state index in [1.807, 2.05) is 11.7 Å². The van der Waals surface area contributed by atoms with Gasteiger partial charge in [0.25, 0.3) is 0 Å². The quantitative estimate of drug-likeness (QED) is 0.803. The first kappa shape index (κ1) is 14.7. The van der Waals surface area contributed by atoms with Gasteiger partial charge in [-0.2, -0.15) is 5.10 Å². The zero-order chi connectivity index (χ0) is 14.2. The van der Waals surface area contributed by atoms with E-state index in [4.69, 9.17) is 0 Å². The van der Waals surface area contributed by atoms with Crippen LogP contribution in [0.1, 0.15) is 43.6 Å². The summed E-state index contributed by atoms with van der Waals surface area (Å²) >= 11 is 0. The Labute approximate surface area is 121 Å². The van der Waals surface area contributed by atoms with Crippen molar-refractivity contribution >= 4 is 0 Å². The van der Waals surface area contributed by atoms with E-state index in [1.165, 1.54) is 5.56 Å². The fourth-order valence-corrected chi connectivity index (χ4v) is 2.51. The van der Waals surface area contributed by atoms with Crippen LogP contribution >= 0.6 is 0 Å². The number of hydrogen-bond acceptors (Lipinski definition) is 3. The molecule has 0 fully saturated rings. The van der Waals surface area contributed by atoms with Crippen LogP contribution in [0.25, 0.3) is 0 Å². The molecule has 0 aliphatic heterocycles. The Morgan fingerprint density at radius 1 is 1.25 bits per heavy atom. The summed E-state index contributed by atoms with van der Waals surface area (Å²) in [4.78, 5) is 4.36. The van der Waals surface area contributed by atoms with E-state index in [9.17, 15) is 0 Å². The maximum absolute atomic E-state index is 4.36. The summed E-state index contributed by atoms with van der Waals surface area (Å²) in [6, 6.07) is 11.0. The van der Waals surface area contributed by atoms with Crippen molar-refractivity contribution < 1.29 is 0 Å². The molecule has 2 rings (SSSR count). The average molecular weight is 272 g/mol. The van der Waals surface area contributed by atoms with E-state index >= 15 is 0 Å². The monoisotopic (exact) mass is 272 g/mol. The van der Waals surface area contributed by atoms with Gasteiger partial charge in [0, 0.05) is 19.0 Å². The Kier molecular flexibility index (Phi) is 5.74. The van der Waals surface area contributed by atoms with Gasteiger partial charge in [-0.15, -0.1) is 0 Å². The van der Waals surface area contributed by atoms with Crippen molar-refractivity contribution in [1.29, 1.82) is 0 Å². The van der Waals surface area contributed by atoms with Crippen LogP contribution in [-0.4, -0.2) is 21.8 Å². The minimum absolute atomic E-state index is 0.416. The Hall–Kier alpha value is -1.68. The molecule has 0 radical (unpaired) electrons. The third-order valence-electron chi connectivity index (χ3n) is 3.57. The van der Waals surface area contributed by atoms with Crippen molar-refractivity contribution in [2.75, 3.05) is 7.05 Å². The van der Waals surface area contributed by atoms with Crippen LogP contribution in [0.2, 0.25) is 0 Å². The van der Waals surface area contributed by atoms with Crippen molar-refractivity contribution in [2.45, 2.75) is 45.2 Å². The van der Waals surface area contributed by atoms with E-state index in [0.29, 0.717) is 6.04 Å². The number of benzene rings is 1. The molecule has 0 saturated heterocycles. The molecule has 0 amide bonds. The largest absolute Gasteiger partial charge is 0.313 e. The second kappa shape index (κ2) is 7.80. The molecule has 1 unspecified atom stereocenters. The minimum atomic E-state index is 0.416. The van der Waals surface area contributed by atoms with Gasteiger partial charge in [-0.1, -0.05) is 37.3 Å². The molecule has 4 nitrogen and oxygen atoms in total.